The number of amides is 1. The summed E-state index contributed by atoms with van der Waals surface area (Å²) in [6, 6.07) is 38.5. The van der Waals surface area contributed by atoms with E-state index in [0.717, 1.165) is 22.3 Å². The average molecular weight is 666 g/mol. The van der Waals surface area contributed by atoms with E-state index in [1.165, 1.54) is 11.8 Å². The fourth-order valence-electron chi connectivity index (χ4n) is 6.31. The van der Waals surface area contributed by atoms with Crippen LogP contribution in [0.5, 0.6) is 0 Å². The van der Waals surface area contributed by atoms with Crippen molar-refractivity contribution < 1.29 is 38.0 Å². The molecule has 0 bridgehead atoms. The fraction of sp³-hybridized carbons (Fsp3) is 0.350. The van der Waals surface area contributed by atoms with Crippen LogP contribution in [0.1, 0.15) is 35.6 Å². The number of hydrogen-bond acceptors (Lipinski definition) is 8. The Kier molecular flexibility index (Phi) is 11.5. The molecule has 0 aliphatic carbocycles. The van der Waals surface area contributed by atoms with Crippen LogP contribution in [0, 0.1) is 0 Å². The zero-order chi connectivity index (χ0) is 34.1. The van der Waals surface area contributed by atoms with Gasteiger partial charge in [0.2, 0.25) is 11.7 Å². The molecule has 49 heavy (non-hydrogen) atoms. The first-order chi connectivity index (χ1) is 23.9. The number of hydrogen-bond donors (Lipinski definition) is 0. The van der Waals surface area contributed by atoms with Crippen molar-refractivity contribution in [2.45, 2.75) is 76.0 Å². The molecule has 4 aromatic carbocycles. The van der Waals surface area contributed by atoms with E-state index in [-0.39, 0.29) is 38.8 Å². The molecule has 0 N–H and O–H groups in total. The summed E-state index contributed by atoms with van der Waals surface area (Å²) in [5.74, 6) is -2.42. The zero-order valence-corrected chi connectivity index (χ0v) is 27.9. The predicted molar refractivity (Wildman–Crippen MR) is 182 cm³/mol. The molecule has 0 radical (unpaired) electrons. The molecule has 0 aromatic heterocycles. The maximum absolute atomic E-state index is 13.5. The minimum atomic E-state index is -1.59. The van der Waals surface area contributed by atoms with Crippen LogP contribution < -0.4 is 0 Å². The topological polar surface area (TPSA) is 92.8 Å². The Morgan fingerprint density at radius 1 is 0.694 bits per heavy atom. The average Bonchev–Trinajstić information content (AvgIpc) is 3.46. The van der Waals surface area contributed by atoms with Crippen LogP contribution >= 0.6 is 0 Å². The van der Waals surface area contributed by atoms with Crippen molar-refractivity contribution in [2.24, 2.45) is 0 Å². The molecule has 1 unspecified atom stereocenters. The third-order valence-electron chi connectivity index (χ3n) is 9.00. The van der Waals surface area contributed by atoms with E-state index in [0.29, 0.717) is 6.61 Å². The summed E-state index contributed by atoms with van der Waals surface area (Å²) in [6.07, 6.45) is -3.04. The summed E-state index contributed by atoms with van der Waals surface area (Å²) < 4.78 is 39.5. The lowest BCUT2D eigenvalue weighted by molar-refractivity contribution is -0.364. The molecule has 9 nitrogen and oxygen atoms in total. The predicted octanol–water partition coefficient (Wildman–Crippen LogP) is 5.85. The van der Waals surface area contributed by atoms with Gasteiger partial charge in [0, 0.05) is 20.4 Å². The molecule has 9 heteroatoms. The van der Waals surface area contributed by atoms with Crippen molar-refractivity contribution in [2.75, 3.05) is 13.7 Å². The Hall–Kier alpha value is -4.38. The van der Waals surface area contributed by atoms with Gasteiger partial charge in [0.15, 0.2) is 6.10 Å². The Bertz CT molecular complexity index is 1620. The molecule has 2 fully saturated rings. The van der Waals surface area contributed by atoms with Gasteiger partial charge in [0.05, 0.1) is 33.0 Å². The lowest BCUT2D eigenvalue weighted by Gasteiger charge is -2.50. The molecule has 6 rings (SSSR count). The molecule has 6 atom stereocenters. The molecule has 1 spiro atoms. The highest BCUT2D eigenvalue weighted by atomic mass is 16.8. The minimum Gasteiger partial charge on any atom is -0.428 e. The summed E-state index contributed by atoms with van der Waals surface area (Å²) in [4.78, 5) is 27.4. The van der Waals surface area contributed by atoms with E-state index >= 15 is 0 Å². The largest absolute Gasteiger partial charge is 0.428 e. The number of rotatable bonds is 14. The summed E-state index contributed by atoms with van der Waals surface area (Å²) in [5.41, 5.74) is 3.87. The van der Waals surface area contributed by atoms with Crippen LogP contribution in [-0.4, -0.2) is 66.7 Å². The first-order valence-corrected chi connectivity index (χ1v) is 16.6. The third-order valence-corrected chi connectivity index (χ3v) is 9.00. The molecule has 0 saturated carbocycles. The third kappa shape index (κ3) is 8.62. The number of ether oxygens (including phenoxy) is 6. The van der Waals surface area contributed by atoms with Crippen LogP contribution in [0.4, 0.5) is 0 Å². The van der Waals surface area contributed by atoms with Gasteiger partial charge >= 0.3 is 5.97 Å². The first kappa shape index (κ1) is 34.5. The Morgan fingerprint density at radius 3 is 1.63 bits per heavy atom. The number of benzene rings is 4. The Morgan fingerprint density at radius 2 is 1.14 bits per heavy atom. The SMILES string of the molecule is CC(=O)N(C)[C@@H]1C[C@]2(OC1=O)OC(COCc1ccccc1)[C@@H](OCc1ccccc1)[C@H](OCc1ccccc1)[C@H]2OCc1ccccc1. The summed E-state index contributed by atoms with van der Waals surface area (Å²) >= 11 is 0. The number of carbonyl (C=O) groups excluding carboxylic acids is 2. The van der Waals surface area contributed by atoms with Crippen molar-refractivity contribution in [3.8, 4) is 0 Å². The molecule has 4 aromatic rings. The van der Waals surface area contributed by atoms with E-state index in [2.05, 4.69) is 0 Å². The van der Waals surface area contributed by atoms with E-state index in [1.54, 1.807) is 7.05 Å². The van der Waals surface area contributed by atoms with Gasteiger partial charge < -0.3 is 33.3 Å². The monoisotopic (exact) mass is 665 g/mol. The number of nitrogens with zero attached hydrogens (tertiary/aromatic N) is 1. The smallest absolute Gasteiger partial charge is 0.331 e. The fourth-order valence-corrected chi connectivity index (χ4v) is 6.31. The summed E-state index contributed by atoms with van der Waals surface area (Å²) in [6.45, 7) is 2.62. The van der Waals surface area contributed by atoms with Crippen LogP contribution in [0.15, 0.2) is 121 Å². The van der Waals surface area contributed by atoms with Crippen molar-refractivity contribution in [3.05, 3.63) is 144 Å². The van der Waals surface area contributed by atoms with Crippen molar-refractivity contribution in [1.82, 2.24) is 4.90 Å². The Balaban J connectivity index is 1.37. The van der Waals surface area contributed by atoms with E-state index < -0.39 is 42.2 Å². The molecule has 1 amide bonds. The zero-order valence-electron chi connectivity index (χ0n) is 27.9. The molecule has 2 aliphatic heterocycles. The number of esters is 1. The highest BCUT2D eigenvalue weighted by Gasteiger charge is 2.64. The summed E-state index contributed by atoms with van der Waals surface area (Å²) in [5, 5.41) is 0. The minimum absolute atomic E-state index is 0.0488. The quantitative estimate of drug-likeness (QED) is 0.155. The van der Waals surface area contributed by atoms with E-state index in [4.69, 9.17) is 28.4 Å². The Labute approximate surface area is 287 Å². The standard InChI is InChI=1S/C40H43NO8/c1-29(42)41(2)34-23-40(49-39(34)43)38(47-27-33-21-13-6-14-22-33)37(46-26-32-19-11-5-12-20-32)36(45-25-31-17-9-4-10-18-31)35(48-40)28-44-24-30-15-7-3-8-16-30/h3-22,34-38H,23-28H2,1-2H3/t34-,35?,36-,37+,38-,40-/m1/s1. The van der Waals surface area contributed by atoms with Gasteiger partial charge in [-0.25, -0.2) is 4.79 Å². The molecule has 2 saturated heterocycles. The van der Waals surface area contributed by atoms with Gasteiger partial charge in [-0.2, -0.15) is 0 Å². The van der Waals surface area contributed by atoms with Gasteiger partial charge in [0.1, 0.15) is 24.4 Å². The lowest BCUT2D eigenvalue weighted by Crippen LogP contribution is -2.67. The van der Waals surface area contributed by atoms with E-state index in [1.807, 2.05) is 121 Å². The van der Waals surface area contributed by atoms with E-state index in [9.17, 15) is 9.59 Å². The maximum Gasteiger partial charge on any atom is 0.331 e. The summed E-state index contributed by atoms with van der Waals surface area (Å²) in [7, 11) is 1.59. The van der Waals surface area contributed by atoms with Gasteiger partial charge in [-0.1, -0.05) is 121 Å². The van der Waals surface area contributed by atoms with Crippen LogP contribution in [0.2, 0.25) is 0 Å². The molecular formula is C40H43NO8. The molecule has 2 aliphatic rings. The van der Waals surface area contributed by atoms with Crippen molar-refractivity contribution in [1.29, 1.82) is 0 Å². The maximum atomic E-state index is 13.5. The van der Waals surface area contributed by atoms with Gasteiger partial charge in [-0.15, -0.1) is 0 Å². The van der Waals surface area contributed by atoms with Gasteiger partial charge in [-0.3, -0.25) is 4.79 Å². The first-order valence-electron chi connectivity index (χ1n) is 16.6. The van der Waals surface area contributed by atoms with Crippen LogP contribution in [0.25, 0.3) is 0 Å². The number of carbonyl (C=O) groups is 2. The van der Waals surface area contributed by atoms with Crippen LogP contribution in [0.3, 0.4) is 0 Å². The van der Waals surface area contributed by atoms with Crippen molar-refractivity contribution >= 4 is 11.9 Å². The molecule has 256 valence electrons. The highest BCUT2D eigenvalue weighted by molar-refractivity contribution is 5.85. The van der Waals surface area contributed by atoms with Gasteiger partial charge in [-0.05, 0) is 22.3 Å². The van der Waals surface area contributed by atoms with Gasteiger partial charge in [0.25, 0.3) is 0 Å². The normalized spacial score (nSPS) is 24.9. The molecule has 2 heterocycles. The number of likely N-dealkylation sites (N-methyl/N-ethyl adjacent to an activating group) is 1. The lowest BCUT2D eigenvalue weighted by atomic mass is 9.89. The highest BCUT2D eigenvalue weighted by Crippen LogP contribution is 2.44. The second kappa shape index (κ2) is 16.3. The van der Waals surface area contributed by atoms with Crippen molar-refractivity contribution in [3.63, 3.8) is 0 Å². The second-order valence-electron chi connectivity index (χ2n) is 12.5. The van der Waals surface area contributed by atoms with Crippen LogP contribution in [-0.2, 0) is 64.4 Å². The molecular weight excluding hydrogens is 622 g/mol. The second-order valence-corrected chi connectivity index (χ2v) is 12.5.